The van der Waals surface area contributed by atoms with E-state index in [1.807, 2.05) is 6.07 Å². The Labute approximate surface area is 306 Å². The molecule has 8 aromatic rings. The molecule has 0 amide bonds. The van der Waals surface area contributed by atoms with Gasteiger partial charge in [-0.05, 0) is 105 Å². The Morgan fingerprint density at radius 3 is 2.15 bits per heavy atom. The van der Waals surface area contributed by atoms with Crippen molar-refractivity contribution in [3.63, 3.8) is 0 Å². The van der Waals surface area contributed by atoms with Gasteiger partial charge >= 0.3 is 0 Å². The molecule has 252 valence electrons. The maximum absolute atomic E-state index is 6.32. The Balaban J connectivity index is 1.30. The summed E-state index contributed by atoms with van der Waals surface area (Å²) < 4.78 is 6.32. The molecule has 1 aliphatic rings. The molecule has 1 atom stereocenters. The molecule has 2 nitrogen and oxygen atoms in total. The van der Waals surface area contributed by atoms with Gasteiger partial charge in [0.25, 0.3) is 0 Å². The van der Waals surface area contributed by atoms with Crippen LogP contribution in [-0.4, -0.2) is 0 Å². The SMILES string of the molecule is C/C=C\C=C/C(C)c1ccc(-c2ccc3ccccc3c2)cc1N(c1ccc2c(c1)C(C)(C)c1ccccc1-2)c1ccc2oc3ccccc3c2c1. The molecule has 7 aromatic carbocycles. The van der Waals surface area contributed by atoms with Gasteiger partial charge in [-0.2, -0.15) is 0 Å². The van der Waals surface area contributed by atoms with Gasteiger partial charge in [-0.1, -0.05) is 142 Å². The molecular formula is C50H41NO. The third-order valence-electron chi connectivity index (χ3n) is 11.0. The van der Waals surface area contributed by atoms with Crippen LogP contribution >= 0.6 is 0 Å². The molecule has 0 saturated heterocycles. The average Bonchev–Trinajstić information content (AvgIpc) is 3.66. The number of para-hydroxylation sites is 1. The monoisotopic (exact) mass is 671 g/mol. The van der Waals surface area contributed by atoms with Gasteiger partial charge in [0.05, 0.1) is 5.69 Å². The van der Waals surface area contributed by atoms with Gasteiger partial charge in [0.15, 0.2) is 0 Å². The first-order valence-electron chi connectivity index (χ1n) is 18.3. The van der Waals surface area contributed by atoms with Crippen LogP contribution in [0, 0.1) is 0 Å². The summed E-state index contributed by atoms with van der Waals surface area (Å²) in [7, 11) is 0. The van der Waals surface area contributed by atoms with Crippen LogP contribution in [0.15, 0.2) is 174 Å². The van der Waals surface area contributed by atoms with Crippen molar-refractivity contribution < 1.29 is 4.42 Å². The number of nitrogens with zero attached hydrogens (tertiary/aromatic N) is 1. The van der Waals surface area contributed by atoms with E-state index in [0.717, 1.165) is 39.0 Å². The first kappa shape index (κ1) is 31.8. The summed E-state index contributed by atoms with van der Waals surface area (Å²) in [6.07, 6.45) is 8.64. The van der Waals surface area contributed by atoms with Gasteiger partial charge in [0, 0.05) is 33.5 Å². The summed E-state index contributed by atoms with van der Waals surface area (Å²) >= 11 is 0. The maximum Gasteiger partial charge on any atom is 0.135 e. The van der Waals surface area contributed by atoms with E-state index in [0.29, 0.717) is 0 Å². The summed E-state index contributed by atoms with van der Waals surface area (Å²) in [5, 5.41) is 4.72. The number of anilines is 3. The Morgan fingerprint density at radius 1 is 0.577 bits per heavy atom. The fourth-order valence-electron chi connectivity index (χ4n) is 8.23. The number of fused-ring (bicyclic) bond motifs is 7. The quantitative estimate of drug-likeness (QED) is 0.157. The lowest BCUT2D eigenvalue weighted by Gasteiger charge is -2.31. The van der Waals surface area contributed by atoms with Crippen LogP contribution in [-0.2, 0) is 5.41 Å². The number of benzene rings is 7. The number of hydrogen-bond donors (Lipinski definition) is 0. The van der Waals surface area contributed by atoms with Crippen LogP contribution in [0.4, 0.5) is 17.1 Å². The molecule has 1 heterocycles. The zero-order valence-corrected chi connectivity index (χ0v) is 30.1. The fourth-order valence-corrected chi connectivity index (χ4v) is 8.23. The normalized spacial score (nSPS) is 14.1. The van der Waals surface area contributed by atoms with Crippen LogP contribution < -0.4 is 4.90 Å². The van der Waals surface area contributed by atoms with E-state index >= 15 is 0 Å². The minimum atomic E-state index is -0.128. The molecule has 0 aliphatic heterocycles. The number of allylic oxidation sites excluding steroid dienone is 4. The Bertz CT molecular complexity index is 2700. The van der Waals surface area contributed by atoms with Crippen molar-refractivity contribution in [1.82, 2.24) is 0 Å². The highest BCUT2D eigenvalue weighted by molar-refractivity contribution is 6.06. The molecule has 52 heavy (non-hydrogen) atoms. The molecule has 0 spiro atoms. The highest BCUT2D eigenvalue weighted by Crippen LogP contribution is 2.51. The van der Waals surface area contributed by atoms with Gasteiger partial charge in [-0.3, -0.25) is 0 Å². The largest absolute Gasteiger partial charge is 0.456 e. The van der Waals surface area contributed by atoms with Crippen molar-refractivity contribution in [2.45, 2.75) is 39.0 Å². The van der Waals surface area contributed by atoms with Crippen molar-refractivity contribution in [3.8, 4) is 22.3 Å². The lowest BCUT2D eigenvalue weighted by atomic mass is 9.82. The summed E-state index contributed by atoms with van der Waals surface area (Å²) in [5.74, 6) is 0.160. The van der Waals surface area contributed by atoms with Crippen molar-refractivity contribution in [2.24, 2.45) is 0 Å². The zero-order chi connectivity index (χ0) is 35.4. The molecular weight excluding hydrogens is 631 g/mol. The second-order valence-corrected chi connectivity index (χ2v) is 14.5. The molecule has 9 rings (SSSR count). The van der Waals surface area contributed by atoms with Crippen LogP contribution in [0.2, 0.25) is 0 Å². The van der Waals surface area contributed by atoms with Crippen LogP contribution in [0.25, 0.3) is 55.0 Å². The highest BCUT2D eigenvalue weighted by Gasteiger charge is 2.36. The number of hydrogen-bond acceptors (Lipinski definition) is 2. The maximum atomic E-state index is 6.32. The first-order valence-corrected chi connectivity index (χ1v) is 18.3. The zero-order valence-electron chi connectivity index (χ0n) is 30.1. The molecule has 1 unspecified atom stereocenters. The third kappa shape index (κ3) is 5.26. The van der Waals surface area contributed by atoms with Crippen LogP contribution in [0.3, 0.4) is 0 Å². The van der Waals surface area contributed by atoms with E-state index in [2.05, 4.69) is 196 Å². The Kier molecular flexibility index (Phi) is 7.70. The molecule has 2 heteroatoms. The fraction of sp³-hybridized carbons (Fsp3) is 0.120. The van der Waals surface area contributed by atoms with Crippen LogP contribution in [0.1, 0.15) is 50.3 Å². The third-order valence-corrected chi connectivity index (χ3v) is 11.0. The molecule has 0 radical (unpaired) electrons. The van der Waals surface area contributed by atoms with E-state index in [1.165, 1.54) is 49.7 Å². The van der Waals surface area contributed by atoms with E-state index in [-0.39, 0.29) is 11.3 Å². The van der Waals surface area contributed by atoms with Crippen LogP contribution in [0.5, 0.6) is 0 Å². The van der Waals surface area contributed by atoms with Gasteiger partial charge in [-0.25, -0.2) is 0 Å². The summed E-state index contributed by atoms with van der Waals surface area (Å²) in [6.45, 7) is 9.07. The van der Waals surface area contributed by atoms with Gasteiger partial charge < -0.3 is 9.32 Å². The van der Waals surface area contributed by atoms with E-state index < -0.39 is 0 Å². The summed E-state index contributed by atoms with van der Waals surface area (Å²) in [6, 6.07) is 53.3. The highest BCUT2D eigenvalue weighted by atomic mass is 16.3. The molecule has 1 aromatic heterocycles. The molecule has 0 saturated carbocycles. The summed E-state index contributed by atoms with van der Waals surface area (Å²) in [4.78, 5) is 2.47. The van der Waals surface area contributed by atoms with E-state index in [1.54, 1.807) is 0 Å². The van der Waals surface area contributed by atoms with E-state index in [9.17, 15) is 0 Å². The molecule has 0 fully saturated rings. The smallest absolute Gasteiger partial charge is 0.135 e. The molecule has 1 aliphatic carbocycles. The van der Waals surface area contributed by atoms with Gasteiger partial charge in [0.1, 0.15) is 11.2 Å². The second kappa shape index (κ2) is 12.6. The Morgan fingerprint density at radius 2 is 1.27 bits per heavy atom. The molecule has 0 N–H and O–H groups in total. The van der Waals surface area contributed by atoms with Gasteiger partial charge in [0.2, 0.25) is 0 Å². The van der Waals surface area contributed by atoms with Gasteiger partial charge in [-0.15, -0.1) is 0 Å². The predicted octanol–water partition coefficient (Wildman–Crippen LogP) is 14.4. The first-order chi connectivity index (χ1) is 25.4. The molecule has 0 bridgehead atoms. The minimum absolute atomic E-state index is 0.128. The second-order valence-electron chi connectivity index (χ2n) is 14.5. The minimum Gasteiger partial charge on any atom is -0.456 e. The Hall–Kier alpha value is -6.12. The van der Waals surface area contributed by atoms with Crippen molar-refractivity contribution >= 4 is 49.8 Å². The summed E-state index contributed by atoms with van der Waals surface area (Å²) in [5.41, 5.74) is 14.0. The number of furan rings is 1. The van der Waals surface area contributed by atoms with E-state index in [4.69, 9.17) is 4.42 Å². The topological polar surface area (TPSA) is 16.4 Å². The van der Waals surface area contributed by atoms with Crippen molar-refractivity contribution in [3.05, 3.63) is 187 Å². The number of rotatable bonds is 7. The van der Waals surface area contributed by atoms with Crippen molar-refractivity contribution in [2.75, 3.05) is 4.90 Å². The standard InChI is InChI=1S/C50H41NO/c1-5-6-7-14-33(2)40-26-23-37(36-22-21-34-15-8-9-16-35(34)29-36)30-47(40)51(38-25-28-49-44(31-38)43-18-11-13-20-48(43)52-49)39-24-27-42-41-17-10-12-19-45(41)50(3,4)46(42)32-39/h5-33H,1-4H3/b6-5-,14-7-. The lowest BCUT2D eigenvalue weighted by molar-refractivity contribution is 0.660. The van der Waals surface area contributed by atoms with Crippen molar-refractivity contribution in [1.29, 1.82) is 0 Å². The predicted molar refractivity (Wildman–Crippen MR) is 221 cm³/mol. The average molecular weight is 672 g/mol. The lowest BCUT2D eigenvalue weighted by Crippen LogP contribution is -2.17.